The van der Waals surface area contributed by atoms with Gasteiger partial charge in [-0.3, -0.25) is 0 Å². The topological polar surface area (TPSA) is 6.48 Å². The molecule has 5 heteroatoms. The van der Waals surface area contributed by atoms with E-state index in [0.29, 0.717) is 10.0 Å². The van der Waals surface area contributed by atoms with Crippen molar-refractivity contribution in [1.29, 1.82) is 0 Å². The van der Waals surface area contributed by atoms with Crippen molar-refractivity contribution in [2.45, 2.75) is 78.6 Å². The van der Waals surface area contributed by atoms with Crippen molar-refractivity contribution in [3.05, 3.63) is 221 Å². The predicted molar refractivity (Wildman–Crippen MR) is 308 cm³/mol. The summed E-state index contributed by atoms with van der Waals surface area (Å²) in [5.74, 6) is 0. The third-order valence-corrected chi connectivity index (χ3v) is 15.1. The van der Waals surface area contributed by atoms with Gasteiger partial charge in [0.25, 0.3) is 6.71 Å². The molecule has 2 aliphatic rings. The molecule has 71 heavy (non-hydrogen) atoms. The van der Waals surface area contributed by atoms with Crippen LogP contribution < -0.4 is 26.2 Å². The van der Waals surface area contributed by atoms with Crippen LogP contribution in [0, 0.1) is 0 Å². The van der Waals surface area contributed by atoms with E-state index in [4.69, 9.17) is 23.2 Å². The van der Waals surface area contributed by atoms with Crippen LogP contribution in [0.15, 0.2) is 194 Å². The Bertz CT molecular complexity index is 3150. The van der Waals surface area contributed by atoms with Crippen LogP contribution in [0.2, 0.25) is 10.0 Å². The van der Waals surface area contributed by atoms with Crippen LogP contribution >= 0.6 is 23.2 Å². The lowest BCUT2D eigenvalue weighted by molar-refractivity contribution is 0.590. The summed E-state index contributed by atoms with van der Waals surface area (Å²) in [6, 6.07) is 71.5. The summed E-state index contributed by atoms with van der Waals surface area (Å²) in [6.45, 7) is 20.7. The Balaban J connectivity index is 1.34. The molecule has 2 nitrogen and oxygen atoms in total. The standard InChI is InChI=1S/C66H59BCl2N2/c1-64(2,3)46-34-51(42-22-14-10-15-23-42)62(52(35-46)43-24-16-11-17-25-43)70-57-40-49(68)30-32-55(57)67-56-33-31-50(69)41-58(56)71(60-39-48(66(7,8)9)38-59(70)61(60)67)63-53(44-26-18-12-19-27-44)36-47(65(4,5)6)37-54(63)45-28-20-13-21-29-45/h10-41H,1-9H3. The van der Waals surface area contributed by atoms with E-state index in [0.717, 1.165) is 78.6 Å². The second-order valence-electron chi connectivity index (χ2n) is 22.5. The molecule has 0 amide bonds. The van der Waals surface area contributed by atoms with Crippen LogP contribution in [0.25, 0.3) is 44.5 Å². The normalized spacial score (nSPS) is 13.2. The van der Waals surface area contributed by atoms with Crippen LogP contribution in [0.4, 0.5) is 34.1 Å². The molecule has 0 unspecified atom stereocenters. The highest BCUT2D eigenvalue weighted by atomic mass is 35.5. The van der Waals surface area contributed by atoms with Gasteiger partial charge in [-0.1, -0.05) is 219 Å². The molecule has 350 valence electrons. The Kier molecular flexibility index (Phi) is 11.5. The Morgan fingerprint density at radius 2 is 0.606 bits per heavy atom. The number of hydrogen-bond donors (Lipinski definition) is 0. The first-order valence-corrected chi connectivity index (χ1v) is 25.7. The van der Waals surface area contributed by atoms with Crippen LogP contribution in [0.3, 0.4) is 0 Å². The third kappa shape index (κ3) is 8.28. The molecule has 0 radical (unpaired) electrons. The zero-order valence-corrected chi connectivity index (χ0v) is 43.7. The number of hydrogen-bond acceptors (Lipinski definition) is 2. The van der Waals surface area contributed by atoms with Gasteiger partial charge in [-0.2, -0.15) is 0 Å². The number of anilines is 6. The maximum absolute atomic E-state index is 7.26. The van der Waals surface area contributed by atoms with E-state index >= 15 is 0 Å². The first-order valence-electron chi connectivity index (χ1n) is 24.9. The van der Waals surface area contributed by atoms with Crippen molar-refractivity contribution < 1.29 is 0 Å². The maximum atomic E-state index is 7.26. The van der Waals surface area contributed by atoms with Crippen molar-refractivity contribution in [3.8, 4) is 44.5 Å². The minimum absolute atomic E-state index is 0.133. The van der Waals surface area contributed by atoms with E-state index in [9.17, 15) is 0 Å². The third-order valence-electron chi connectivity index (χ3n) is 14.6. The molecule has 0 saturated carbocycles. The molecular formula is C66H59BCl2N2. The lowest BCUT2D eigenvalue weighted by atomic mass is 9.33. The fraction of sp³-hybridized carbons (Fsp3) is 0.182. The number of benzene rings is 9. The monoisotopic (exact) mass is 960 g/mol. The Labute approximate surface area is 431 Å². The van der Waals surface area contributed by atoms with Crippen molar-refractivity contribution in [2.24, 2.45) is 0 Å². The van der Waals surface area contributed by atoms with Gasteiger partial charge in [-0.15, -0.1) is 0 Å². The average Bonchev–Trinajstić information content (AvgIpc) is 3.35. The van der Waals surface area contributed by atoms with Gasteiger partial charge in [-0.05, 0) is 132 Å². The van der Waals surface area contributed by atoms with Gasteiger partial charge in [0.2, 0.25) is 0 Å². The van der Waals surface area contributed by atoms with Gasteiger partial charge < -0.3 is 9.80 Å². The van der Waals surface area contributed by atoms with Crippen molar-refractivity contribution in [1.82, 2.24) is 0 Å². The molecule has 0 saturated heterocycles. The molecule has 0 bridgehead atoms. The van der Waals surface area contributed by atoms with E-state index in [1.54, 1.807) is 0 Å². The molecule has 0 aliphatic carbocycles. The molecular weight excluding hydrogens is 902 g/mol. The van der Waals surface area contributed by atoms with Crippen LogP contribution in [0.1, 0.15) is 79.0 Å². The number of halogens is 2. The summed E-state index contributed by atoms with van der Waals surface area (Å²) >= 11 is 14.5. The van der Waals surface area contributed by atoms with Gasteiger partial charge in [0, 0.05) is 55.0 Å². The molecule has 2 aliphatic heterocycles. The van der Waals surface area contributed by atoms with Crippen LogP contribution in [-0.4, -0.2) is 6.71 Å². The summed E-state index contributed by atoms with van der Waals surface area (Å²) in [5, 5.41) is 1.37. The van der Waals surface area contributed by atoms with Crippen LogP contribution in [-0.2, 0) is 16.2 Å². The van der Waals surface area contributed by atoms with E-state index in [1.807, 2.05) is 0 Å². The Morgan fingerprint density at radius 1 is 0.324 bits per heavy atom. The zero-order chi connectivity index (χ0) is 49.6. The average molecular weight is 962 g/mol. The van der Waals surface area contributed by atoms with Gasteiger partial charge >= 0.3 is 0 Å². The highest BCUT2D eigenvalue weighted by Crippen LogP contribution is 2.55. The second kappa shape index (κ2) is 17.5. The predicted octanol–water partition coefficient (Wildman–Crippen LogP) is 17.6. The van der Waals surface area contributed by atoms with E-state index < -0.39 is 0 Å². The lowest BCUT2D eigenvalue weighted by Crippen LogP contribution is -2.61. The molecule has 0 N–H and O–H groups in total. The van der Waals surface area contributed by atoms with E-state index in [2.05, 4.69) is 266 Å². The van der Waals surface area contributed by atoms with E-state index in [1.165, 1.54) is 33.1 Å². The Hall–Kier alpha value is -6.78. The molecule has 0 spiro atoms. The van der Waals surface area contributed by atoms with Gasteiger partial charge in [0.05, 0.1) is 11.4 Å². The minimum atomic E-state index is -0.247. The maximum Gasteiger partial charge on any atom is 0.252 e. The second-order valence-corrected chi connectivity index (χ2v) is 23.4. The molecule has 0 fully saturated rings. The summed E-state index contributed by atoms with van der Waals surface area (Å²) in [4.78, 5) is 5.14. The summed E-state index contributed by atoms with van der Waals surface area (Å²) in [6.07, 6.45) is 0. The largest absolute Gasteiger partial charge is 0.310 e. The summed E-state index contributed by atoms with van der Waals surface area (Å²) in [5.41, 5.74) is 22.7. The summed E-state index contributed by atoms with van der Waals surface area (Å²) < 4.78 is 0. The number of fused-ring (bicyclic) bond motifs is 4. The smallest absolute Gasteiger partial charge is 0.252 e. The zero-order valence-electron chi connectivity index (χ0n) is 42.2. The van der Waals surface area contributed by atoms with E-state index in [-0.39, 0.29) is 23.0 Å². The fourth-order valence-corrected chi connectivity index (χ4v) is 11.2. The molecule has 11 rings (SSSR count). The molecule has 0 atom stereocenters. The molecule has 2 heterocycles. The minimum Gasteiger partial charge on any atom is -0.310 e. The van der Waals surface area contributed by atoms with Crippen molar-refractivity contribution in [2.75, 3.05) is 9.80 Å². The SMILES string of the molecule is CC(C)(C)c1cc(-c2ccccc2)c(N2c3cc(Cl)ccc3B3c4ccc(Cl)cc4N(c4c(-c5ccccc5)cc(C(C)(C)C)cc4-c4ccccc4)c4cc(C(C)(C)C)cc2c43)c(-c2ccccc2)c1. The highest BCUT2D eigenvalue weighted by Gasteiger charge is 2.46. The van der Waals surface area contributed by atoms with Crippen molar-refractivity contribution in [3.63, 3.8) is 0 Å². The first kappa shape index (κ1) is 46.6. The molecule has 9 aromatic rings. The van der Waals surface area contributed by atoms with Crippen molar-refractivity contribution >= 4 is 80.4 Å². The van der Waals surface area contributed by atoms with Gasteiger partial charge in [0.1, 0.15) is 0 Å². The highest BCUT2D eigenvalue weighted by molar-refractivity contribution is 7.00. The van der Waals surface area contributed by atoms with Gasteiger partial charge in [0.15, 0.2) is 0 Å². The number of rotatable bonds is 6. The van der Waals surface area contributed by atoms with Crippen LogP contribution in [0.5, 0.6) is 0 Å². The Morgan fingerprint density at radius 3 is 0.887 bits per heavy atom. The fourth-order valence-electron chi connectivity index (χ4n) is 10.8. The molecule has 9 aromatic carbocycles. The number of nitrogens with zero attached hydrogens (tertiary/aromatic N) is 2. The quantitative estimate of drug-likeness (QED) is 0.153. The molecule has 0 aromatic heterocycles. The lowest BCUT2D eigenvalue weighted by Gasteiger charge is -2.46. The first-order chi connectivity index (χ1) is 34.0. The summed E-state index contributed by atoms with van der Waals surface area (Å²) in [7, 11) is 0. The van der Waals surface area contributed by atoms with Gasteiger partial charge in [-0.25, -0.2) is 0 Å².